The largest absolute Gasteiger partial charge is 0.456 e. The van der Waals surface area contributed by atoms with Crippen molar-refractivity contribution in [2.45, 2.75) is 0 Å². The molecular weight excluding hydrogens is 697 g/mol. The van der Waals surface area contributed by atoms with E-state index in [1.165, 1.54) is 4.70 Å². The van der Waals surface area contributed by atoms with Crippen LogP contribution in [0.4, 0.5) is 0 Å². The Hall–Kier alpha value is -7.22. The van der Waals surface area contributed by atoms with E-state index < -0.39 is 0 Å². The highest BCUT2D eigenvalue weighted by Crippen LogP contribution is 2.43. The molecule has 8 aromatic carbocycles. The maximum Gasteiger partial charge on any atom is 0.227 e. The Morgan fingerprint density at radius 2 is 1.05 bits per heavy atom. The lowest BCUT2D eigenvalue weighted by molar-refractivity contribution is 0.620. The van der Waals surface area contributed by atoms with Gasteiger partial charge in [0.2, 0.25) is 5.89 Å². The predicted molar refractivity (Wildman–Crippen MR) is 224 cm³/mol. The van der Waals surface area contributed by atoms with Crippen LogP contribution in [-0.4, -0.2) is 19.9 Å². The Morgan fingerprint density at radius 3 is 1.96 bits per heavy atom. The topological polar surface area (TPSA) is 77.8 Å². The van der Waals surface area contributed by atoms with Crippen LogP contribution in [0, 0.1) is 0 Å². The molecule has 55 heavy (non-hydrogen) atoms. The van der Waals surface area contributed by atoms with Gasteiger partial charge in [-0.25, -0.2) is 19.9 Å². The molecule has 12 aromatic rings. The molecule has 4 heterocycles. The van der Waals surface area contributed by atoms with Crippen molar-refractivity contribution in [3.63, 3.8) is 0 Å². The molecule has 0 unspecified atom stereocenters. The SMILES string of the molecule is c1ccc(-c2nc3c(ccc4sc5ccc6ccc(-c7nc(-c8ccc9c(c8)oc8ccccc89)nc(-c8cccc9ccccc89)n7)cc6c5c43)o2)cc1. The quantitative estimate of drug-likeness (QED) is 0.180. The van der Waals surface area contributed by atoms with Gasteiger partial charge in [-0.2, -0.15) is 0 Å². The summed E-state index contributed by atoms with van der Waals surface area (Å²) in [5.74, 6) is 2.39. The maximum absolute atomic E-state index is 6.33. The summed E-state index contributed by atoms with van der Waals surface area (Å²) in [6.45, 7) is 0. The predicted octanol–water partition coefficient (Wildman–Crippen LogP) is 13.3. The number of aromatic nitrogens is 4. The summed E-state index contributed by atoms with van der Waals surface area (Å²) >= 11 is 1.77. The van der Waals surface area contributed by atoms with Crippen molar-refractivity contribution in [3.05, 3.63) is 158 Å². The molecule has 0 bridgehead atoms. The van der Waals surface area contributed by atoms with Crippen molar-refractivity contribution in [3.8, 4) is 45.6 Å². The lowest BCUT2D eigenvalue weighted by Crippen LogP contribution is -2.00. The Balaban J connectivity index is 1.09. The van der Waals surface area contributed by atoms with Gasteiger partial charge in [0.1, 0.15) is 16.7 Å². The third kappa shape index (κ3) is 4.73. The minimum Gasteiger partial charge on any atom is -0.456 e. The molecule has 0 aliphatic heterocycles. The van der Waals surface area contributed by atoms with Gasteiger partial charge in [-0.15, -0.1) is 11.3 Å². The molecule has 0 atom stereocenters. The van der Waals surface area contributed by atoms with Gasteiger partial charge in [-0.1, -0.05) is 103 Å². The molecule has 0 saturated carbocycles. The van der Waals surface area contributed by atoms with E-state index in [9.17, 15) is 0 Å². The van der Waals surface area contributed by atoms with Crippen LogP contribution in [0.25, 0.3) is 120 Å². The third-order valence-corrected chi connectivity index (χ3v) is 11.7. The van der Waals surface area contributed by atoms with Gasteiger partial charge in [-0.05, 0) is 76.1 Å². The number of hydrogen-bond acceptors (Lipinski definition) is 7. The first kappa shape index (κ1) is 30.3. The lowest BCUT2D eigenvalue weighted by Gasteiger charge is -2.11. The van der Waals surface area contributed by atoms with Gasteiger partial charge in [0.25, 0.3) is 0 Å². The minimum absolute atomic E-state index is 0.576. The van der Waals surface area contributed by atoms with Crippen molar-refractivity contribution in [2.24, 2.45) is 0 Å². The van der Waals surface area contributed by atoms with Crippen molar-refractivity contribution in [1.82, 2.24) is 19.9 Å². The monoisotopic (exact) mass is 722 g/mol. The van der Waals surface area contributed by atoms with E-state index in [1.807, 2.05) is 60.7 Å². The highest BCUT2D eigenvalue weighted by Gasteiger charge is 2.20. The van der Waals surface area contributed by atoms with Gasteiger partial charge in [0, 0.05) is 53.2 Å². The smallest absolute Gasteiger partial charge is 0.227 e. The van der Waals surface area contributed by atoms with Crippen molar-refractivity contribution < 1.29 is 8.83 Å². The Kier molecular flexibility index (Phi) is 6.40. The fourth-order valence-corrected chi connectivity index (χ4v) is 9.07. The summed E-state index contributed by atoms with van der Waals surface area (Å²) in [6.07, 6.45) is 0. The first-order chi connectivity index (χ1) is 27.2. The molecular formula is C48H26N4O2S. The van der Waals surface area contributed by atoms with Crippen LogP contribution >= 0.6 is 11.3 Å². The zero-order valence-electron chi connectivity index (χ0n) is 29.0. The number of para-hydroxylation sites is 1. The maximum atomic E-state index is 6.33. The number of thiophene rings is 1. The zero-order valence-corrected chi connectivity index (χ0v) is 29.8. The second-order valence-electron chi connectivity index (χ2n) is 13.8. The third-order valence-electron chi connectivity index (χ3n) is 10.6. The van der Waals surface area contributed by atoms with Gasteiger partial charge in [-0.3, -0.25) is 0 Å². The van der Waals surface area contributed by atoms with Crippen LogP contribution in [0.1, 0.15) is 0 Å². The van der Waals surface area contributed by atoms with E-state index in [2.05, 4.69) is 97.1 Å². The number of hydrogen-bond donors (Lipinski definition) is 0. The summed E-state index contributed by atoms with van der Waals surface area (Å²) < 4.78 is 15.0. The number of furan rings is 1. The number of benzene rings is 8. The summed E-state index contributed by atoms with van der Waals surface area (Å²) in [4.78, 5) is 20.6. The minimum atomic E-state index is 0.576. The molecule has 0 fully saturated rings. The van der Waals surface area contributed by atoms with E-state index in [1.54, 1.807) is 11.3 Å². The van der Waals surface area contributed by atoms with Crippen LogP contribution in [0.15, 0.2) is 167 Å². The van der Waals surface area contributed by atoms with Crippen LogP contribution in [0.2, 0.25) is 0 Å². The van der Waals surface area contributed by atoms with Crippen LogP contribution in [0.5, 0.6) is 0 Å². The average molecular weight is 723 g/mol. The second-order valence-corrected chi connectivity index (χ2v) is 14.9. The fraction of sp³-hybridized carbons (Fsp3) is 0. The Morgan fingerprint density at radius 1 is 0.382 bits per heavy atom. The summed E-state index contributed by atoms with van der Waals surface area (Å²) in [6, 6.07) is 54.1. The van der Waals surface area contributed by atoms with Gasteiger partial charge in [0.05, 0.1) is 0 Å². The highest BCUT2D eigenvalue weighted by molar-refractivity contribution is 7.26. The molecule has 4 aromatic heterocycles. The van der Waals surface area contributed by atoms with E-state index in [-0.39, 0.29) is 0 Å². The number of fused-ring (bicyclic) bond motifs is 11. The number of nitrogens with zero attached hydrogens (tertiary/aromatic N) is 4. The fourth-order valence-electron chi connectivity index (χ4n) is 7.95. The van der Waals surface area contributed by atoms with Gasteiger partial charge >= 0.3 is 0 Å². The average Bonchev–Trinajstić information content (AvgIpc) is 3.96. The van der Waals surface area contributed by atoms with E-state index >= 15 is 0 Å². The van der Waals surface area contributed by atoms with E-state index in [0.717, 1.165) is 92.3 Å². The van der Waals surface area contributed by atoms with Gasteiger partial charge in [0.15, 0.2) is 23.1 Å². The van der Waals surface area contributed by atoms with Crippen molar-refractivity contribution in [2.75, 3.05) is 0 Å². The zero-order chi connectivity index (χ0) is 36.0. The number of rotatable bonds is 4. The molecule has 0 saturated heterocycles. The lowest BCUT2D eigenvalue weighted by atomic mass is 10.0. The molecule has 256 valence electrons. The first-order valence-corrected chi connectivity index (χ1v) is 18.9. The molecule has 0 radical (unpaired) electrons. The number of oxazole rings is 1. The van der Waals surface area contributed by atoms with Crippen molar-refractivity contribution >= 4 is 86.1 Å². The molecule has 12 rings (SSSR count). The molecule has 6 nitrogen and oxygen atoms in total. The summed E-state index contributed by atoms with van der Waals surface area (Å²) in [5.41, 5.74) is 6.92. The van der Waals surface area contributed by atoms with E-state index in [0.29, 0.717) is 23.4 Å². The van der Waals surface area contributed by atoms with Crippen LogP contribution in [-0.2, 0) is 0 Å². The molecule has 0 spiro atoms. The molecule has 0 aliphatic carbocycles. The molecule has 0 amide bonds. The summed E-state index contributed by atoms with van der Waals surface area (Å²) in [7, 11) is 0. The Labute approximate surface area is 317 Å². The van der Waals surface area contributed by atoms with Gasteiger partial charge < -0.3 is 8.83 Å². The Bertz CT molecular complexity index is 3500. The second kappa shape index (κ2) is 11.6. The first-order valence-electron chi connectivity index (χ1n) is 18.1. The molecule has 0 N–H and O–H groups in total. The van der Waals surface area contributed by atoms with Crippen molar-refractivity contribution in [1.29, 1.82) is 0 Å². The highest BCUT2D eigenvalue weighted by atomic mass is 32.1. The van der Waals surface area contributed by atoms with Crippen LogP contribution in [0.3, 0.4) is 0 Å². The summed E-state index contributed by atoms with van der Waals surface area (Å²) in [5, 5.41) is 8.82. The molecule has 0 aliphatic rings. The molecule has 7 heteroatoms. The van der Waals surface area contributed by atoms with Crippen LogP contribution < -0.4 is 0 Å². The standard InChI is InChI=1S/C48H26N4O2S/c1-2-10-29(11-3-1)48-49-44-38(54-48)22-24-41-43(44)42-36-25-30(18-17-28(36)20-23-40(42)55-41)45-50-46(31-19-21-34-33-14-6-7-16-37(33)53-39(34)26-31)52-47(51-45)35-15-8-12-27-9-4-5-13-32(27)35/h1-26H. The van der Waals surface area contributed by atoms with E-state index in [4.69, 9.17) is 28.8 Å². The normalized spacial score (nSPS) is 12.0.